The van der Waals surface area contributed by atoms with E-state index in [0.29, 0.717) is 24.6 Å². The van der Waals surface area contributed by atoms with Crippen LogP contribution < -0.4 is 15.4 Å². The zero-order valence-corrected chi connectivity index (χ0v) is 17.2. The van der Waals surface area contributed by atoms with E-state index in [1.807, 2.05) is 37.7 Å². The van der Waals surface area contributed by atoms with E-state index in [9.17, 15) is 9.18 Å². The first-order valence-corrected chi connectivity index (χ1v) is 10.1. The van der Waals surface area contributed by atoms with Gasteiger partial charge in [0.1, 0.15) is 18.2 Å². The lowest BCUT2D eigenvalue weighted by molar-refractivity contribution is 0.244. The lowest BCUT2D eigenvalue weighted by Gasteiger charge is -2.23. The molecule has 0 aliphatic rings. The van der Waals surface area contributed by atoms with Gasteiger partial charge in [0.25, 0.3) is 0 Å². The van der Waals surface area contributed by atoms with Crippen molar-refractivity contribution >= 4 is 23.1 Å². The number of amides is 2. The van der Waals surface area contributed by atoms with Crippen molar-refractivity contribution < 1.29 is 13.9 Å². The second kappa shape index (κ2) is 10.0. The van der Waals surface area contributed by atoms with Crippen LogP contribution in [0.25, 0.3) is 0 Å². The van der Waals surface area contributed by atoms with Gasteiger partial charge in [-0.15, -0.1) is 11.3 Å². The van der Waals surface area contributed by atoms with Crippen molar-refractivity contribution in [2.45, 2.75) is 12.6 Å². The van der Waals surface area contributed by atoms with Crippen molar-refractivity contribution in [1.29, 1.82) is 0 Å². The van der Waals surface area contributed by atoms with Crippen molar-refractivity contribution in [2.75, 3.05) is 26.0 Å². The first-order chi connectivity index (χ1) is 14.0. The topological polar surface area (TPSA) is 53.6 Å². The van der Waals surface area contributed by atoms with Crippen LogP contribution in [0.1, 0.15) is 16.5 Å². The number of rotatable bonds is 8. The fourth-order valence-electron chi connectivity index (χ4n) is 2.79. The van der Waals surface area contributed by atoms with Gasteiger partial charge < -0.3 is 20.3 Å². The van der Waals surface area contributed by atoms with Gasteiger partial charge >= 0.3 is 6.03 Å². The largest absolute Gasteiger partial charge is 0.489 e. The van der Waals surface area contributed by atoms with Gasteiger partial charge in [0.2, 0.25) is 0 Å². The van der Waals surface area contributed by atoms with Gasteiger partial charge in [-0.2, -0.15) is 0 Å². The molecule has 0 fully saturated rings. The number of hydrogen-bond donors (Lipinski definition) is 2. The molecular weight excluding hydrogens is 389 g/mol. The molecule has 7 heteroatoms. The fourth-order valence-corrected chi connectivity index (χ4v) is 3.72. The molecule has 3 aromatic rings. The number of hydrogen-bond acceptors (Lipinski definition) is 4. The van der Waals surface area contributed by atoms with E-state index in [1.165, 1.54) is 17.0 Å². The Morgan fingerprint density at radius 3 is 2.62 bits per heavy atom. The molecule has 0 radical (unpaired) electrons. The van der Waals surface area contributed by atoms with E-state index >= 15 is 0 Å². The zero-order chi connectivity index (χ0) is 20.6. The monoisotopic (exact) mass is 413 g/mol. The Hall–Kier alpha value is -2.90. The summed E-state index contributed by atoms with van der Waals surface area (Å²) in [5.41, 5.74) is 1.50. The number of likely N-dealkylation sites (N-methyl/N-ethyl adjacent to an activating group) is 1. The number of thiophene rings is 1. The normalized spacial score (nSPS) is 11.9. The summed E-state index contributed by atoms with van der Waals surface area (Å²) < 4.78 is 18.7. The van der Waals surface area contributed by atoms with Gasteiger partial charge in [0, 0.05) is 23.2 Å². The standard InChI is InChI=1S/C22H24FN3O2S/c1-26(2)20(21-7-4-12-29-21)14-24-22(27)25-18-5-3-6-19(13-18)28-15-16-8-10-17(23)11-9-16/h3-13,20H,14-15H2,1-2H3,(H2,24,25,27). The summed E-state index contributed by atoms with van der Waals surface area (Å²) in [5.74, 6) is 0.346. The third-order valence-electron chi connectivity index (χ3n) is 4.36. The average Bonchev–Trinajstić information content (AvgIpc) is 3.22. The molecule has 5 nitrogen and oxygen atoms in total. The minimum Gasteiger partial charge on any atom is -0.489 e. The van der Waals surface area contributed by atoms with Crippen molar-refractivity contribution in [3.63, 3.8) is 0 Å². The van der Waals surface area contributed by atoms with E-state index in [2.05, 4.69) is 21.6 Å². The predicted octanol–water partition coefficient (Wildman–Crippen LogP) is 4.89. The Balaban J connectivity index is 1.52. The Kier molecular flexibility index (Phi) is 7.21. The number of nitrogens with one attached hydrogen (secondary N) is 2. The van der Waals surface area contributed by atoms with Gasteiger partial charge in [-0.05, 0) is 55.4 Å². The quantitative estimate of drug-likeness (QED) is 0.553. The van der Waals surface area contributed by atoms with Crippen LogP contribution in [0.3, 0.4) is 0 Å². The molecule has 29 heavy (non-hydrogen) atoms. The summed E-state index contributed by atoms with van der Waals surface area (Å²) in [4.78, 5) is 15.6. The SMILES string of the molecule is CN(C)C(CNC(=O)Nc1cccc(OCc2ccc(F)cc2)c1)c1cccs1. The molecular formula is C22H24FN3O2S. The molecule has 2 aromatic carbocycles. The first kappa shape index (κ1) is 20.8. The molecule has 0 saturated carbocycles. The van der Waals surface area contributed by atoms with E-state index in [0.717, 1.165) is 5.56 Å². The summed E-state index contributed by atoms with van der Waals surface area (Å²) in [7, 11) is 3.98. The highest BCUT2D eigenvalue weighted by atomic mass is 32.1. The van der Waals surface area contributed by atoms with Crippen molar-refractivity contribution in [3.05, 3.63) is 82.3 Å². The van der Waals surface area contributed by atoms with E-state index in [4.69, 9.17) is 4.74 Å². The number of anilines is 1. The maximum absolute atomic E-state index is 13.0. The molecule has 2 amide bonds. The molecule has 2 N–H and O–H groups in total. The highest BCUT2D eigenvalue weighted by Gasteiger charge is 2.16. The third-order valence-corrected chi connectivity index (χ3v) is 5.34. The maximum atomic E-state index is 13.0. The lowest BCUT2D eigenvalue weighted by Crippen LogP contribution is -2.36. The minimum absolute atomic E-state index is 0.117. The molecule has 3 rings (SSSR count). The third kappa shape index (κ3) is 6.30. The van der Waals surface area contributed by atoms with E-state index in [-0.39, 0.29) is 17.9 Å². The number of carbonyl (C=O) groups is 1. The van der Waals surface area contributed by atoms with Gasteiger partial charge in [0.05, 0.1) is 6.04 Å². The number of urea groups is 1. The fraction of sp³-hybridized carbons (Fsp3) is 0.227. The van der Waals surface area contributed by atoms with E-state index in [1.54, 1.807) is 35.6 Å². The molecule has 0 saturated heterocycles. The molecule has 1 atom stereocenters. The van der Waals surface area contributed by atoms with Crippen LogP contribution in [-0.4, -0.2) is 31.6 Å². The Morgan fingerprint density at radius 2 is 1.93 bits per heavy atom. The molecule has 0 aliphatic heterocycles. The lowest BCUT2D eigenvalue weighted by atomic mass is 10.2. The molecule has 152 valence electrons. The summed E-state index contributed by atoms with van der Waals surface area (Å²) in [6.45, 7) is 0.821. The zero-order valence-electron chi connectivity index (χ0n) is 16.4. The minimum atomic E-state index is -0.276. The van der Waals surface area contributed by atoms with Crippen LogP contribution >= 0.6 is 11.3 Å². The number of nitrogens with zero attached hydrogens (tertiary/aromatic N) is 1. The average molecular weight is 414 g/mol. The van der Waals surface area contributed by atoms with Crippen LogP contribution in [0.2, 0.25) is 0 Å². The van der Waals surface area contributed by atoms with Gasteiger partial charge in [-0.1, -0.05) is 24.3 Å². The van der Waals surface area contributed by atoms with Crippen molar-refractivity contribution in [2.24, 2.45) is 0 Å². The Labute approximate surface area is 174 Å². The number of carbonyl (C=O) groups excluding carboxylic acids is 1. The summed E-state index contributed by atoms with van der Waals surface area (Å²) in [6.07, 6.45) is 0. The maximum Gasteiger partial charge on any atom is 0.319 e. The molecule has 1 heterocycles. The van der Waals surface area contributed by atoms with Crippen molar-refractivity contribution in [3.8, 4) is 5.75 Å². The van der Waals surface area contributed by atoms with Crippen LogP contribution in [0, 0.1) is 5.82 Å². The van der Waals surface area contributed by atoms with Crippen LogP contribution in [0.5, 0.6) is 5.75 Å². The number of benzene rings is 2. The molecule has 1 aromatic heterocycles. The molecule has 0 spiro atoms. The second-order valence-corrected chi connectivity index (χ2v) is 7.75. The number of halogens is 1. The molecule has 0 bridgehead atoms. The highest BCUT2D eigenvalue weighted by Crippen LogP contribution is 2.22. The Morgan fingerprint density at radius 1 is 1.14 bits per heavy atom. The van der Waals surface area contributed by atoms with Gasteiger partial charge in [-0.3, -0.25) is 0 Å². The first-order valence-electron chi connectivity index (χ1n) is 9.23. The smallest absolute Gasteiger partial charge is 0.319 e. The van der Waals surface area contributed by atoms with Gasteiger partial charge in [0.15, 0.2) is 0 Å². The van der Waals surface area contributed by atoms with Crippen LogP contribution in [0.4, 0.5) is 14.9 Å². The van der Waals surface area contributed by atoms with E-state index < -0.39 is 0 Å². The van der Waals surface area contributed by atoms with Gasteiger partial charge in [-0.25, -0.2) is 9.18 Å². The molecule has 0 aliphatic carbocycles. The summed E-state index contributed by atoms with van der Waals surface area (Å²) >= 11 is 1.67. The second-order valence-electron chi connectivity index (χ2n) is 6.77. The molecule has 1 unspecified atom stereocenters. The summed E-state index contributed by atoms with van der Waals surface area (Å²) in [5, 5.41) is 7.79. The van der Waals surface area contributed by atoms with Crippen LogP contribution in [0.15, 0.2) is 66.0 Å². The summed E-state index contributed by atoms with van der Waals surface area (Å²) in [6, 6.07) is 17.3. The number of ether oxygens (including phenoxy) is 1. The highest BCUT2D eigenvalue weighted by molar-refractivity contribution is 7.10. The van der Waals surface area contributed by atoms with Crippen LogP contribution in [-0.2, 0) is 6.61 Å². The van der Waals surface area contributed by atoms with Crippen molar-refractivity contribution in [1.82, 2.24) is 10.2 Å². The Bertz CT molecular complexity index is 914. The predicted molar refractivity (Wildman–Crippen MR) is 115 cm³/mol.